The van der Waals surface area contributed by atoms with E-state index in [0.717, 1.165) is 11.3 Å². The van der Waals surface area contributed by atoms with Crippen molar-refractivity contribution in [1.82, 2.24) is 9.78 Å². The van der Waals surface area contributed by atoms with E-state index in [1.165, 1.54) is 11.1 Å². The molecule has 2 aromatic carbocycles. The van der Waals surface area contributed by atoms with Gasteiger partial charge in [-0.15, -0.1) is 0 Å². The molecule has 0 spiro atoms. The third-order valence-corrected chi connectivity index (χ3v) is 4.80. The minimum Gasteiger partial charge on any atom is -0.479 e. The first-order valence-corrected chi connectivity index (χ1v) is 8.91. The highest BCUT2D eigenvalue weighted by molar-refractivity contribution is 6.06. The zero-order valence-electron chi connectivity index (χ0n) is 15.9. The lowest BCUT2D eigenvalue weighted by Crippen LogP contribution is -2.26. The summed E-state index contributed by atoms with van der Waals surface area (Å²) in [5.41, 5.74) is 5.57. The molecule has 0 bridgehead atoms. The Morgan fingerprint density at radius 1 is 1.18 bits per heavy atom. The van der Waals surface area contributed by atoms with Crippen LogP contribution in [0.4, 0.5) is 11.4 Å². The predicted molar refractivity (Wildman–Crippen MR) is 107 cm³/mol. The lowest BCUT2D eigenvalue weighted by molar-refractivity contribution is -0.118. The molecule has 1 aliphatic heterocycles. The van der Waals surface area contributed by atoms with E-state index >= 15 is 0 Å². The second-order valence-corrected chi connectivity index (χ2v) is 6.81. The Morgan fingerprint density at radius 3 is 2.79 bits per heavy atom. The number of carbonyl (C=O) groups excluding carboxylic acids is 2. The molecule has 142 valence electrons. The summed E-state index contributed by atoms with van der Waals surface area (Å²) in [5.74, 6) is -0.126. The van der Waals surface area contributed by atoms with E-state index in [1.54, 1.807) is 28.9 Å². The van der Waals surface area contributed by atoms with Crippen molar-refractivity contribution in [3.05, 3.63) is 59.3 Å². The molecule has 2 heterocycles. The van der Waals surface area contributed by atoms with Crippen LogP contribution in [0.3, 0.4) is 0 Å². The molecule has 1 aromatic heterocycles. The van der Waals surface area contributed by atoms with Gasteiger partial charge in [-0.3, -0.25) is 14.3 Å². The summed E-state index contributed by atoms with van der Waals surface area (Å²) in [5, 5.41) is 9.90. The highest BCUT2D eigenvalue weighted by Crippen LogP contribution is 2.35. The maximum atomic E-state index is 12.8. The van der Waals surface area contributed by atoms with Gasteiger partial charge in [-0.2, -0.15) is 5.10 Å². The van der Waals surface area contributed by atoms with Gasteiger partial charge >= 0.3 is 0 Å². The fraction of sp³-hybridized carbons (Fsp3) is 0.190. The van der Waals surface area contributed by atoms with Gasteiger partial charge in [-0.05, 0) is 49.2 Å². The minimum absolute atomic E-state index is 0.0829. The van der Waals surface area contributed by atoms with Crippen molar-refractivity contribution in [1.29, 1.82) is 0 Å². The van der Waals surface area contributed by atoms with E-state index in [2.05, 4.69) is 41.7 Å². The van der Waals surface area contributed by atoms with Crippen LogP contribution in [0.25, 0.3) is 11.3 Å². The van der Waals surface area contributed by atoms with Crippen LogP contribution in [0.1, 0.15) is 21.6 Å². The van der Waals surface area contributed by atoms with Gasteiger partial charge in [0.25, 0.3) is 11.8 Å². The molecule has 0 atom stereocenters. The van der Waals surface area contributed by atoms with Gasteiger partial charge in [-0.25, -0.2) is 0 Å². The molecule has 2 N–H and O–H groups in total. The van der Waals surface area contributed by atoms with Crippen molar-refractivity contribution in [2.75, 3.05) is 17.2 Å². The van der Waals surface area contributed by atoms with Gasteiger partial charge in [0, 0.05) is 12.6 Å². The zero-order valence-corrected chi connectivity index (χ0v) is 15.9. The molecule has 7 heteroatoms. The van der Waals surface area contributed by atoms with Crippen molar-refractivity contribution >= 4 is 23.2 Å². The van der Waals surface area contributed by atoms with Crippen LogP contribution in [0.5, 0.6) is 5.75 Å². The van der Waals surface area contributed by atoms with Crippen LogP contribution >= 0.6 is 0 Å². The first kappa shape index (κ1) is 17.8. The fourth-order valence-electron chi connectivity index (χ4n) is 3.15. The first-order chi connectivity index (χ1) is 13.4. The second kappa shape index (κ2) is 6.84. The fourth-order valence-corrected chi connectivity index (χ4v) is 3.15. The normalized spacial score (nSPS) is 12.8. The number of carbonyl (C=O) groups is 2. The van der Waals surface area contributed by atoms with E-state index in [1.807, 2.05) is 13.1 Å². The maximum Gasteiger partial charge on any atom is 0.276 e. The monoisotopic (exact) mass is 376 g/mol. The summed E-state index contributed by atoms with van der Waals surface area (Å²) >= 11 is 0. The van der Waals surface area contributed by atoms with Crippen LogP contribution in [0.2, 0.25) is 0 Å². The Hall–Kier alpha value is -3.61. The van der Waals surface area contributed by atoms with Gasteiger partial charge in [0.2, 0.25) is 0 Å². The van der Waals surface area contributed by atoms with Crippen LogP contribution in [0, 0.1) is 13.8 Å². The molecule has 0 fully saturated rings. The Labute approximate surface area is 162 Å². The van der Waals surface area contributed by atoms with Gasteiger partial charge in [-0.1, -0.05) is 18.2 Å². The standard InChI is InChI=1S/C21H20N4O3/c1-12-7-8-14(9-13(12)2)18-10-17(24-25(18)3)21(27)23-16-6-4-5-15-20(16)28-11-19(26)22-15/h4-10H,11H2,1-3H3,(H,22,26)(H,23,27). The van der Waals surface area contributed by atoms with E-state index in [9.17, 15) is 9.59 Å². The Kier molecular flexibility index (Phi) is 4.35. The minimum atomic E-state index is -0.348. The number of hydrogen-bond donors (Lipinski definition) is 2. The summed E-state index contributed by atoms with van der Waals surface area (Å²) in [7, 11) is 1.81. The average molecular weight is 376 g/mol. The summed E-state index contributed by atoms with van der Waals surface area (Å²) in [6.45, 7) is 4.03. The zero-order chi connectivity index (χ0) is 19.8. The summed E-state index contributed by atoms with van der Waals surface area (Å²) < 4.78 is 7.16. The lowest BCUT2D eigenvalue weighted by Gasteiger charge is -2.20. The highest BCUT2D eigenvalue weighted by atomic mass is 16.5. The smallest absolute Gasteiger partial charge is 0.276 e. The number of rotatable bonds is 3. The molecule has 0 saturated carbocycles. The number of aryl methyl sites for hydroxylation is 3. The number of nitrogens with one attached hydrogen (secondary N) is 2. The number of para-hydroxylation sites is 1. The van der Waals surface area contributed by atoms with Gasteiger partial charge < -0.3 is 15.4 Å². The Morgan fingerprint density at radius 2 is 2.00 bits per heavy atom. The van der Waals surface area contributed by atoms with Crippen LogP contribution in [-0.2, 0) is 11.8 Å². The molecule has 2 amide bonds. The average Bonchev–Trinajstić information content (AvgIpc) is 3.06. The Balaban J connectivity index is 1.61. The summed E-state index contributed by atoms with van der Waals surface area (Å²) in [6, 6.07) is 13.1. The molecule has 7 nitrogen and oxygen atoms in total. The molecule has 0 aliphatic carbocycles. The molecular weight excluding hydrogens is 356 g/mol. The topological polar surface area (TPSA) is 85.2 Å². The number of nitrogens with zero attached hydrogens (tertiary/aromatic N) is 2. The highest BCUT2D eigenvalue weighted by Gasteiger charge is 2.21. The third-order valence-electron chi connectivity index (χ3n) is 4.80. The van der Waals surface area contributed by atoms with Crippen molar-refractivity contribution in [2.45, 2.75) is 13.8 Å². The van der Waals surface area contributed by atoms with Crippen LogP contribution < -0.4 is 15.4 Å². The number of amides is 2. The molecule has 0 saturated heterocycles. The number of fused-ring (bicyclic) bond motifs is 1. The largest absolute Gasteiger partial charge is 0.479 e. The molecular formula is C21H20N4O3. The number of anilines is 2. The maximum absolute atomic E-state index is 12.8. The molecule has 0 radical (unpaired) electrons. The summed E-state index contributed by atoms with van der Waals surface area (Å²) in [6.07, 6.45) is 0. The van der Waals surface area contributed by atoms with Crippen LogP contribution in [-0.4, -0.2) is 28.2 Å². The molecule has 4 rings (SSSR count). The SMILES string of the molecule is Cc1ccc(-c2cc(C(=O)Nc3cccc4c3OCC(=O)N4)nn2C)cc1C. The van der Waals surface area contributed by atoms with Gasteiger partial charge in [0.1, 0.15) is 0 Å². The van der Waals surface area contributed by atoms with E-state index < -0.39 is 0 Å². The van der Waals surface area contributed by atoms with Crippen molar-refractivity contribution in [3.63, 3.8) is 0 Å². The second-order valence-electron chi connectivity index (χ2n) is 6.81. The van der Waals surface area contributed by atoms with Gasteiger partial charge in [0.05, 0.1) is 17.1 Å². The lowest BCUT2D eigenvalue weighted by atomic mass is 10.0. The van der Waals surface area contributed by atoms with Crippen LogP contribution in [0.15, 0.2) is 42.5 Å². The van der Waals surface area contributed by atoms with E-state index in [4.69, 9.17) is 4.74 Å². The number of hydrogen-bond acceptors (Lipinski definition) is 4. The summed E-state index contributed by atoms with van der Waals surface area (Å²) in [4.78, 5) is 24.2. The number of aromatic nitrogens is 2. The molecule has 28 heavy (non-hydrogen) atoms. The number of benzene rings is 2. The molecule has 1 aliphatic rings. The quantitative estimate of drug-likeness (QED) is 0.735. The third kappa shape index (κ3) is 3.22. The van der Waals surface area contributed by atoms with Crippen molar-refractivity contribution in [3.8, 4) is 17.0 Å². The first-order valence-electron chi connectivity index (χ1n) is 8.91. The van der Waals surface area contributed by atoms with E-state index in [-0.39, 0.29) is 18.4 Å². The molecule has 0 unspecified atom stereocenters. The number of ether oxygens (including phenoxy) is 1. The van der Waals surface area contributed by atoms with Gasteiger partial charge in [0.15, 0.2) is 18.1 Å². The Bertz CT molecular complexity index is 1100. The van der Waals surface area contributed by atoms with E-state index in [0.29, 0.717) is 22.8 Å². The predicted octanol–water partition coefficient (Wildman–Crippen LogP) is 3.29. The molecule has 3 aromatic rings. The van der Waals surface area contributed by atoms with Crippen molar-refractivity contribution < 1.29 is 14.3 Å². The van der Waals surface area contributed by atoms with Crippen molar-refractivity contribution in [2.24, 2.45) is 7.05 Å².